The number of hydrogen-bond donors (Lipinski definition) is 1. The van der Waals surface area contributed by atoms with Crippen molar-refractivity contribution in [2.45, 2.75) is 36.8 Å². The second kappa shape index (κ2) is 6.60. The molecule has 1 unspecified atom stereocenters. The molecule has 19 heavy (non-hydrogen) atoms. The predicted molar refractivity (Wildman–Crippen MR) is 79.3 cm³/mol. The Morgan fingerprint density at radius 2 is 2.37 bits per heavy atom. The van der Waals surface area contributed by atoms with Gasteiger partial charge in [0.1, 0.15) is 5.54 Å². The molecule has 102 valence electrons. The van der Waals surface area contributed by atoms with Gasteiger partial charge in [-0.25, -0.2) is 4.98 Å². The predicted octanol–water partition coefficient (Wildman–Crippen LogP) is 3.50. The van der Waals surface area contributed by atoms with Crippen LogP contribution in [0.5, 0.6) is 0 Å². The molecule has 0 saturated heterocycles. The summed E-state index contributed by atoms with van der Waals surface area (Å²) < 4.78 is 0. The highest BCUT2D eigenvalue weighted by atomic mass is 35.5. The lowest BCUT2D eigenvalue weighted by molar-refractivity contribution is 0.405. The smallest absolute Gasteiger partial charge is 0.119 e. The Bertz CT molecular complexity index is 453. The van der Waals surface area contributed by atoms with Crippen molar-refractivity contribution in [1.82, 2.24) is 10.3 Å². The van der Waals surface area contributed by atoms with Crippen molar-refractivity contribution in [2.24, 2.45) is 5.92 Å². The first-order valence-electron chi connectivity index (χ1n) is 6.61. The van der Waals surface area contributed by atoms with E-state index in [1.54, 1.807) is 18.0 Å². The summed E-state index contributed by atoms with van der Waals surface area (Å²) in [5.74, 6) is 1.23. The zero-order chi connectivity index (χ0) is 13.7. The van der Waals surface area contributed by atoms with Crippen molar-refractivity contribution in [3.05, 3.63) is 23.4 Å². The number of nitrogens with zero attached hydrogens (tertiary/aromatic N) is 2. The molecule has 2 rings (SSSR count). The van der Waals surface area contributed by atoms with Crippen LogP contribution in [0.3, 0.4) is 0 Å². The van der Waals surface area contributed by atoms with E-state index in [1.165, 1.54) is 0 Å². The van der Waals surface area contributed by atoms with Gasteiger partial charge in [0.15, 0.2) is 0 Å². The van der Waals surface area contributed by atoms with Gasteiger partial charge in [-0.1, -0.05) is 18.5 Å². The van der Waals surface area contributed by atoms with Crippen LogP contribution in [0.25, 0.3) is 0 Å². The maximum absolute atomic E-state index is 9.57. The van der Waals surface area contributed by atoms with Gasteiger partial charge in [0.2, 0.25) is 0 Å². The van der Waals surface area contributed by atoms with E-state index in [0.717, 1.165) is 36.6 Å². The van der Waals surface area contributed by atoms with Crippen molar-refractivity contribution in [3.8, 4) is 6.07 Å². The third-order valence-electron chi connectivity index (χ3n) is 3.31. The van der Waals surface area contributed by atoms with Crippen LogP contribution in [0.1, 0.15) is 26.2 Å². The van der Waals surface area contributed by atoms with Gasteiger partial charge in [-0.3, -0.25) is 5.32 Å². The zero-order valence-electron chi connectivity index (χ0n) is 11.0. The quantitative estimate of drug-likeness (QED) is 0.782. The highest BCUT2D eigenvalue weighted by Gasteiger charge is 2.45. The van der Waals surface area contributed by atoms with E-state index in [0.29, 0.717) is 10.9 Å². The van der Waals surface area contributed by atoms with Gasteiger partial charge < -0.3 is 0 Å². The first-order valence-corrected chi connectivity index (χ1v) is 7.97. The SMILES string of the molecule is CCCNC(C#N)(CSc1ccc(Cl)cn1)C1CC1. The van der Waals surface area contributed by atoms with E-state index in [4.69, 9.17) is 11.6 Å². The maximum Gasteiger partial charge on any atom is 0.119 e. The van der Waals surface area contributed by atoms with Gasteiger partial charge in [0, 0.05) is 11.9 Å². The molecule has 1 saturated carbocycles. The summed E-state index contributed by atoms with van der Waals surface area (Å²) in [5.41, 5.74) is -0.401. The van der Waals surface area contributed by atoms with E-state index < -0.39 is 5.54 Å². The third kappa shape index (κ3) is 3.85. The lowest BCUT2D eigenvalue weighted by Gasteiger charge is -2.27. The summed E-state index contributed by atoms with van der Waals surface area (Å²) in [4.78, 5) is 4.27. The summed E-state index contributed by atoms with van der Waals surface area (Å²) in [7, 11) is 0. The molecule has 1 aliphatic carbocycles. The Balaban J connectivity index is 2.00. The van der Waals surface area contributed by atoms with Crippen molar-refractivity contribution in [3.63, 3.8) is 0 Å². The molecule has 1 heterocycles. The van der Waals surface area contributed by atoms with E-state index in [2.05, 4.69) is 23.3 Å². The summed E-state index contributed by atoms with van der Waals surface area (Å²) in [6.07, 6.45) is 4.99. The molecule has 1 N–H and O–H groups in total. The monoisotopic (exact) mass is 295 g/mol. The fourth-order valence-electron chi connectivity index (χ4n) is 2.04. The van der Waals surface area contributed by atoms with Crippen LogP contribution in [0, 0.1) is 17.2 Å². The minimum atomic E-state index is -0.401. The van der Waals surface area contributed by atoms with Gasteiger partial charge in [-0.2, -0.15) is 5.26 Å². The van der Waals surface area contributed by atoms with Crippen LogP contribution in [-0.2, 0) is 0 Å². The minimum Gasteiger partial charge on any atom is -0.298 e. The number of pyridine rings is 1. The Hall–Kier alpha value is -0.760. The highest BCUT2D eigenvalue weighted by Crippen LogP contribution is 2.42. The van der Waals surface area contributed by atoms with E-state index in [-0.39, 0.29) is 0 Å². The Kier molecular flexibility index (Phi) is 5.09. The minimum absolute atomic E-state index is 0.401. The normalized spacial score (nSPS) is 17.7. The van der Waals surface area contributed by atoms with Crippen molar-refractivity contribution >= 4 is 23.4 Å². The standard InChI is InChI=1S/C14H18ClN3S/c1-2-7-18-14(9-16,11-3-4-11)10-19-13-6-5-12(15)8-17-13/h5-6,8,11,18H,2-4,7,10H2,1H3. The van der Waals surface area contributed by atoms with E-state index >= 15 is 0 Å². The van der Waals surface area contributed by atoms with Gasteiger partial charge in [-0.05, 0) is 43.9 Å². The molecular formula is C14H18ClN3S. The Labute approximate surface area is 123 Å². The molecule has 0 aromatic carbocycles. The van der Waals surface area contributed by atoms with Gasteiger partial charge in [0.25, 0.3) is 0 Å². The molecule has 5 heteroatoms. The van der Waals surface area contributed by atoms with Gasteiger partial charge in [-0.15, -0.1) is 11.8 Å². The van der Waals surface area contributed by atoms with E-state index in [1.807, 2.05) is 12.1 Å². The maximum atomic E-state index is 9.57. The van der Waals surface area contributed by atoms with Crippen LogP contribution in [-0.4, -0.2) is 22.8 Å². The van der Waals surface area contributed by atoms with Crippen molar-refractivity contribution in [1.29, 1.82) is 5.26 Å². The third-order valence-corrected chi connectivity index (χ3v) is 4.67. The molecule has 1 aromatic rings. The fourth-order valence-corrected chi connectivity index (χ4v) is 3.22. The number of aromatic nitrogens is 1. The molecular weight excluding hydrogens is 278 g/mol. The van der Waals surface area contributed by atoms with Gasteiger partial charge in [0.05, 0.1) is 16.1 Å². The largest absolute Gasteiger partial charge is 0.298 e. The molecule has 1 fully saturated rings. The molecule has 0 amide bonds. The van der Waals surface area contributed by atoms with Crippen LogP contribution in [0.2, 0.25) is 5.02 Å². The number of hydrogen-bond acceptors (Lipinski definition) is 4. The van der Waals surface area contributed by atoms with Crippen LogP contribution in [0.4, 0.5) is 0 Å². The van der Waals surface area contributed by atoms with Crippen LogP contribution < -0.4 is 5.32 Å². The summed E-state index contributed by atoms with van der Waals surface area (Å²) >= 11 is 7.45. The van der Waals surface area contributed by atoms with Crippen molar-refractivity contribution in [2.75, 3.05) is 12.3 Å². The molecule has 1 aromatic heterocycles. The second-order valence-electron chi connectivity index (χ2n) is 4.89. The average Bonchev–Trinajstić information content (AvgIpc) is 3.26. The fraction of sp³-hybridized carbons (Fsp3) is 0.571. The molecule has 0 radical (unpaired) electrons. The van der Waals surface area contributed by atoms with Crippen molar-refractivity contribution < 1.29 is 0 Å². The van der Waals surface area contributed by atoms with Crippen LogP contribution in [0.15, 0.2) is 23.4 Å². The molecule has 1 atom stereocenters. The molecule has 0 spiro atoms. The Morgan fingerprint density at radius 1 is 1.58 bits per heavy atom. The second-order valence-corrected chi connectivity index (χ2v) is 6.32. The first-order chi connectivity index (χ1) is 9.20. The van der Waals surface area contributed by atoms with Crippen LogP contribution >= 0.6 is 23.4 Å². The van der Waals surface area contributed by atoms with Gasteiger partial charge >= 0.3 is 0 Å². The summed E-state index contributed by atoms with van der Waals surface area (Å²) in [6, 6.07) is 6.25. The number of thioether (sulfide) groups is 1. The average molecular weight is 296 g/mol. The summed E-state index contributed by atoms with van der Waals surface area (Å²) in [5, 5.41) is 14.6. The van der Waals surface area contributed by atoms with E-state index in [9.17, 15) is 5.26 Å². The first kappa shape index (κ1) is 14.6. The molecule has 3 nitrogen and oxygen atoms in total. The molecule has 1 aliphatic rings. The lowest BCUT2D eigenvalue weighted by Crippen LogP contribution is -2.48. The highest BCUT2D eigenvalue weighted by molar-refractivity contribution is 7.99. The summed E-state index contributed by atoms with van der Waals surface area (Å²) in [6.45, 7) is 3.01. The number of halogens is 1. The number of nitriles is 1. The lowest BCUT2D eigenvalue weighted by atomic mass is 9.97. The topological polar surface area (TPSA) is 48.7 Å². The molecule has 0 aliphatic heterocycles. The number of rotatable bonds is 7. The number of nitrogens with one attached hydrogen (secondary N) is 1. The zero-order valence-corrected chi connectivity index (χ0v) is 12.6. The Morgan fingerprint density at radius 3 is 2.89 bits per heavy atom. The molecule has 0 bridgehead atoms.